The van der Waals surface area contributed by atoms with Crippen molar-refractivity contribution in [2.75, 3.05) is 39.6 Å². The van der Waals surface area contributed by atoms with Crippen LogP contribution in [0.2, 0.25) is 0 Å². The molecule has 0 radical (unpaired) electrons. The van der Waals surface area contributed by atoms with Crippen molar-refractivity contribution in [3.63, 3.8) is 0 Å². The number of ether oxygens (including phenoxy) is 4. The minimum atomic E-state index is -4.94. The molecule has 0 heterocycles. The Hall–Kier alpha value is -1.94. The number of esters is 4. The third kappa shape index (κ3) is 53.4. The van der Waals surface area contributed by atoms with E-state index in [1.165, 1.54) is 109 Å². The van der Waals surface area contributed by atoms with Gasteiger partial charge in [-0.05, 0) is 31.6 Å². The summed E-state index contributed by atoms with van der Waals surface area (Å²) in [7, 11) is -9.86. The first-order chi connectivity index (χ1) is 37.5. The van der Waals surface area contributed by atoms with E-state index in [2.05, 4.69) is 34.6 Å². The van der Waals surface area contributed by atoms with Crippen LogP contribution in [0.1, 0.15) is 291 Å². The Morgan fingerprint density at radius 2 is 0.590 bits per heavy atom. The summed E-state index contributed by atoms with van der Waals surface area (Å²) in [5.41, 5.74) is 0. The first-order valence-corrected chi connectivity index (χ1v) is 34.1. The first kappa shape index (κ1) is 76.1. The van der Waals surface area contributed by atoms with Gasteiger partial charge in [0.05, 0.1) is 26.4 Å². The second-order valence-corrected chi connectivity index (χ2v) is 24.8. The molecular weight excluding hydrogens is 1040 g/mol. The molecule has 0 aromatic heterocycles. The molecular formula is C59H114O17P2. The summed E-state index contributed by atoms with van der Waals surface area (Å²) in [6.07, 6.45) is 35.6. The Kier molecular flexibility index (Phi) is 51.8. The van der Waals surface area contributed by atoms with Gasteiger partial charge in [0.25, 0.3) is 0 Å². The van der Waals surface area contributed by atoms with Crippen molar-refractivity contribution in [2.24, 2.45) is 5.92 Å². The molecule has 3 N–H and O–H groups in total. The molecule has 2 unspecified atom stereocenters. The van der Waals surface area contributed by atoms with Crippen LogP contribution in [-0.2, 0) is 65.4 Å². The van der Waals surface area contributed by atoms with Gasteiger partial charge in [0.15, 0.2) is 12.2 Å². The van der Waals surface area contributed by atoms with Crippen LogP contribution < -0.4 is 0 Å². The minimum Gasteiger partial charge on any atom is -0.462 e. The normalized spacial score (nSPS) is 14.4. The van der Waals surface area contributed by atoms with E-state index in [0.29, 0.717) is 25.7 Å². The van der Waals surface area contributed by atoms with Gasteiger partial charge in [-0.15, -0.1) is 0 Å². The Morgan fingerprint density at radius 1 is 0.346 bits per heavy atom. The average molecular weight is 1160 g/mol. The highest BCUT2D eigenvalue weighted by Crippen LogP contribution is 2.45. The molecule has 17 nitrogen and oxygen atoms in total. The van der Waals surface area contributed by atoms with Gasteiger partial charge in [0, 0.05) is 25.7 Å². The Morgan fingerprint density at radius 3 is 0.872 bits per heavy atom. The van der Waals surface area contributed by atoms with Gasteiger partial charge in [-0.3, -0.25) is 37.3 Å². The molecule has 0 saturated heterocycles. The highest BCUT2D eigenvalue weighted by Gasteiger charge is 2.30. The number of phosphoric ester groups is 2. The van der Waals surface area contributed by atoms with Crippen molar-refractivity contribution in [1.29, 1.82) is 0 Å². The quantitative estimate of drug-likeness (QED) is 0.0222. The van der Waals surface area contributed by atoms with Crippen LogP contribution in [0.25, 0.3) is 0 Å². The maximum Gasteiger partial charge on any atom is 0.472 e. The van der Waals surface area contributed by atoms with Crippen molar-refractivity contribution in [3.05, 3.63) is 0 Å². The van der Waals surface area contributed by atoms with Gasteiger partial charge < -0.3 is 33.8 Å². The van der Waals surface area contributed by atoms with E-state index in [0.717, 1.165) is 102 Å². The molecule has 78 heavy (non-hydrogen) atoms. The van der Waals surface area contributed by atoms with Crippen LogP contribution in [0.5, 0.6) is 0 Å². The number of hydrogen-bond acceptors (Lipinski definition) is 15. The number of aliphatic hydroxyl groups is 1. The second kappa shape index (κ2) is 53.1. The zero-order valence-electron chi connectivity index (χ0n) is 49.8. The lowest BCUT2D eigenvalue weighted by molar-refractivity contribution is -0.161. The number of phosphoric acid groups is 2. The van der Waals surface area contributed by atoms with E-state index in [-0.39, 0.29) is 25.7 Å². The van der Waals surface area contributed by atoms with Crippen LogP contribution in [0.4, 0.5) is 0 Å². The Balaban J connectivity index is 5.12. The zero-order valence-corrected chi connectivity index (χ0v) is 51.6. The fraction of sp³-hybridized carbons (Fsp3) is 0.932. The van der Waals surface area contributed by atoms with Crippen LogP contribution >= 0.6 is 15.6 Å². The molecule has 0 spiro atoms. The highest BCUT2D eigenvalue weighted by atomic mass is 31.2. The Bertz CT molecular complexity index is 1530. The average Bonchev–Trinajstić information content (AvgIpc) is 3.40. The predicted octanol–water partition coefficient (Wildman–Crippen LogP) is 15.8. The summed E-state index contributed by atoms with van der Waals surface area (Å²) in [6, 6.07) is 0. The molecule has 462 valence electrons. The highest BCUT2D eigenvalue weighted by molar-refractivity contribution is 7.47. The fourth-order valence-corrected chi connectivity index (χ4v) is 10.3. The number of unbranched alkanes of at least 4 members (excludes halogenated alkanes) is 31. The number of aliphatic hydroxyl groups excluding tert-OH is 1. The second-order valence-electron chi connectivity index (χ2n) is 21.9. The number of rotatable bonds is 59. The van der Waals surface area contributed by atoms with E-state index in [1.807, 2.05) is 0 Å². The summed E-state index contributed by atoms with van der Waals surface area (Å²) in [5.74, 6) is -1.40. The molecule has 0 saturated carbocycles. The number of carbonyl (C=O) groups is 4. The van der Waals surface area contributed by atoms with Gasteiger partial charge in [-0.1, -0.05) is 240 Å². The molecule has 0 aliphatic carbocycles. The SMILES string of the molecule is CCCCCCCCCCCCCCCCCC(=O)O[C@H](COC(=O)CCCCCCCCCCCCC(C)C)COP(=O)(O)OC[C@@H](O)COP(=O)(O)OC[C@@H](COC(=O)CCCCCCC)OC(=O)CCCCCCC. The van der Waals surface area contributed by atoms with Crippen molar-refractivity contribution < 1.29 is 80.2 Å². The molecule has 0 bridgehead atoms. The monoisotopic (exact) mass is 1160 g/mol. The summed E-state index contributed by atoms with van der Waals surface area (Å²) < 4.78 is 67.4. The van der Waals surface area contributed by atoms with E-state index in [9.17, 15) is 43.2 Å². The summed E-state index contributed by atoms with van der Waals surface area (Å²) in [4.78, 5) is 71.5. The van der Waals surface area contributed by atoms with Crippen LogP contribution in [0, 0.1) is 5.92 Å². The Labute approximate surface area is 473 Å². The molecule has 0 amide bonds. The smallest absolute Gasteiger partial charge is 0.462 e. The van der Waals surface area contributed by atoms with Gasteiger partial charge in [-0.25, -0.2) is 9.13 Å². The molecule has 0 aromatic rings. The molecule has 0 aliphatic heterocycles. The maximum atomic E-state index is 12.9. The van der Waals surface area contributed by atoms with Gasteiger partial charge >= 0.3 is 39.5 Å². The lowest BCUT2D eigenvalue weighted by atomic mass is 10.0. The van der Waals surface area contributed by atoms with E-state index in [1.54, 1.807) is 0 Å². The van der Waals surface area contributed by atoms with E-state index < -0.39 is 97.5 Å². The van der Waals surface area contributed by atoms with Crippen LogP contribution in [0.15, 0.2) is 0 Å². The third-order valence-corrected chi connectivity index (χ3v) is 15.4. The molecule has 5 atom stereocenters. The van der Waals surface area contributed by atoms with Gasteiger partial charge in [0.2, 0.25) is 0 Å². The lowest BCUT2D eigenvalue weighted by Gasteiger charge is -2.21. The largest absolute Gasteiger partial charge is 0.472 e. The topological polar surface area (TPSA) is 237 Å². The van der Waals surface area contributed by atoms with Gasteiger partial charge in [0.1, 0.15) is 19.3 Å². The molecule has 19 heteroatoms. The predicted molar refractivity (Wildman–Crippen MR) is 308 cm³/mol. The number of carbonyl (C=O) groups excluding carboxylic acids is 4. The van der Waals surface area contributed by atoms with Crippen LogP contribution in [-0.4, -0.2) is 96.7 Å². The summed E-state index contributed by atoms with van der Waals surface area (Å²) in [6.45, 7) is 6.97. The standard InChI is InChI=1S/C59H114O17P2/c1-6-9-12-15-16-17-18-19-20-21-22-27-30-35-40-45-59(64)76-55(49-70-57(62)43-38-34-29-26-24-23-25-28-33-36-41-52(4)5)51-74-78(67,68)72-47-53(60)46-71-77(65,66)73-50-54(75-58(63)44-39-32-14-11-8-3)48-69-56(61)42-37-31-13-10-7-2/h52-55,60H,6-51H2,1-5H3,(H,65,66)(H,67,68)/t53-,54+,55+/m0/s1. The summed E-state index contributed by atoms with van der Waals surface area (Å²) >= 11 is 0. The minimum absolute atomic E-state index is 0.0988. The van der Waals surface area contributed by atoms with Crippen molar-refractivity contribution in [2.45, 2.75) is 310 Å². The lowest BCUT2D eigenvalue weighted by Crippen LogP contribution is -2.30. The first-order valence-electron chi connectivity index (χ1n) is 31.1. The molecule has 0 rings (SSSR count). The third-order valence-electron chi connectivity index (χ3n) is 13.5. The van der Waals surface area contributed by atoms with Gasteiger partial charge in [-0.2, -0.15) is 0 Å². The van der Waals surface area contributed by atoms with E-state index >= 15 is 0 Å². The maximum absolute atomic E-state index is 12.9. The van der Waals surface area contributed by atoms with Crippen molar-refractivity contribution in [3.8, 4) is 0 Å². The fourth-order valence-electron chi connectivity index (χ4n) is 8.70. The van der Waals surface area contributed by atoms with Crippen LogP contribution in [0.3, 0.4) is 0 Å². The van der Waals surface area contributed by atoms with Crippen molar-refractivity contribution in [1.82, 2.24) is 0 Å². The molecule has 0 fully saturated rings. The molecule has 0 aromatic carbocycles. The molecule has 0 aliphatic rings. The summed E-state index contributed by atoms with van der Waals surface area (Å²) in [5, 5.41) is 10.5. The number of hydrogen-bond donors (Lipinski definition) is 3. The van der Waals surface area contributed by atoms with Crippen molar-refractivity contribution >= 4 is 39.5 Å². The zero-order chi connectivity index (χ0) is 57.8. The van der Waals surface area contributed by atoms with E-state index in [4.69, 9.17) is 37.0 Å².